The quantitative estimate of drug-likeness (QED) is 0.486. The van der Waals surface area contributed by atoms with Gasteiger partial charge in [0.25, 0.3) is 0 Å². The summed E-state index contributed by atoms with van der Waals surface area (Å²) < 4.78 is 25.7. The third kappa shape index (κ3) is 4.96. The van der Waals surface area contributed by atoms with E-state index in [1.165, 1.54) is 42.0 Å². The zero-order valence-electron chi connectivity index (χ0n) is 19.9. The van der Waals surface area contributed by atoms with Crippen LogP contribution < -0.4 is 5.56 Å². The topological polar surface area (TPSA) is 77.8 Å². The van der Waals surface area contributed by atoms with Gasteiger partial charge in [-0.05, 0) is 47.4 Å². The molecular weight excluding hydrogens is 451 g/mol. The molecule has 0 N–H and O–H groups in total. The number of esters is 1. The highest BCUT2D eigenvalue weighted by atomic mass is 19.1. The molecule has 0 radical (unpaired) electrons. The number of hydrogen-bond acceptors (Lipinski definition) is 5. The summed E-state index contributed by atoms with van der Waals surface area (Å²) in [6.07, 6.45) is 1.41. The molecule has 2 atom stereocenters. The van der Waals surface area contributed by atoms with E-state index in [2.05, 4.69) is 0 Å². The highest BCUT2D eigenvalue weighted by Crippen LogP contribution is 2.40. The standard InChI is InChI=1S/C27H27FN2O5/c1-18(19-4-6-20(7-5-19)21-8-13-24(31)29(2)17-21)30-15-14-27(35-26(30)33,16-25(32)34-3)22-9-11-23(28)12-10-22/h4-13,17-18H,14-16H2,1-3H3/t18-,27?/m0/s1. The molecular formula is C27H27FN2O5. The van der Waals surface area contributed by atoms with Crippen molar-refractivity contribution in [1.82, 2.24) is 9.47 Å². The van der Waals surface area contributed by atoms with E-state index >= 15 is 0 Å². The number of nitrogens with zero attached hydrogens (tertiary/aromatic N) is 2. The first-order valence-electron chi connectivity index (χ1n) is 11.3. The lowest BCUT2D eigenvalue weighted by Crippen LogP contribution is -2.49. The van der Waals surface area contributed by atoms with E-state index in [4.69, 9.17) is 9.47 Å². The largest absolute Gasteiger partial charge is 0.469 e. The van der Waals surface area contributed by atoms with Gasteiger partial charge in [-0.2, -0.15) is 0 Å². The summed E-state index contributed by atoms with van der Waals surface area (Å²) in [7, 11) is 2.98. The second-order valence-electron chi connectivity index (χ2n) is 8.73. The molecule has 1 aromatic heterocycles. The van der Waals surface area contributed by atoms with E-state index in [0.717, 1.165) is 16.7 Å². The summed E-state index contributed by atoms with van der Waals surface area (Å²) in [6, 6.07) is 16.4. The molecule has 3 aromatic rings. The first kappa shape index (κ1) is 24.2. The summed E-state index contributed by atoms with van der Waals surface area (Å²) in [5.41, 5.74) is 2.03. The van der Waals surface area contributed by atoms with E-state index in [1.807, 2.05) is 31.2 Å². The zero-order chi connectivity index (χ0) is 25.2. The fourth-order valence-electron chi connectivity index (χ4n) is 4.41. The van der Waals surface area contributed by atoms with Crippen molar-refractivity contribution in [2.75, 3.05) is 13.7 Å². The first-order chi connectivity index (χ1) is 16.7. The average molecular weight is 479 g/mol. The van der Waals surface area contributed by atoms with Crippen LogP contribution in [0.3, 0.4) is 0 Å². The molecule has 0 bridgehead atoms. The van der Waals surface area contributed by atoms with Crippen molar-refractivity contribution in [2.24, 2.45) is 7.05 Å². The number of methoxy groups -OCH3 is 1. The molecule has 2 heterocycles. The molecule has 182 valence electrons. The number of aryl methyl sites for hydroxylation is 1. The molecule has 2 aromatic carbocycles. The van der Waals surface area contributed by atoms with Gasteiger partial charge in [-0.25, -0.2) is 9.18 Å². The summed E-state index contributed by atoms with van der Waals surface area (Å²) in [4.78, 5) is 38.5. The monoisotopic (exact) mass is 478 g/mol. The number of ether oxygens (including phenoxy) is 2. The maximum Gasteiger partial charge on any atom is 0.411 e. The van der Waals surface area contributed by atoms with Crippen molar-refractivity contribution in [3.8, 4) is 11.1 Å². The Morgan fingerprint density at radius 1 is 1.06 bits per heavy atom. The van der Waals surface area contributed by atoms with Gasteiger partial charge in [0.1, 0.15) is 5.82 Å². The number of rotatable bonds is 6. The van der Waals surface area contributed by atoms with Gasteiger partial charge in [0.2, 0.25) is 5.56 Å². The number of halogens is 1. The first-order valence-corrected chi connectivity index (χ1v) is 11.3. The number of cyclic esters (lactones) is 1. The SMILES string of the molecule is COC(=O)CC1(c2ccc(F)cc2)CCN([C@@H](C)c2ccc(-c3ccc(=O)n(C)c3)cc2)C(=O)O1. The van der Waals surface area contributed by atoms with Gasteiger partial charge in [0.05, 0.1) is 19.6 Å². The maximum absolute atomic E-state index is 13.5. The van der Waals surface area contributed by atoms with Gasteiger partial charge in [0, 0.05) is 32.3 Å². The third-order valence-corrected chi connectivity index (χ3v) is 6.58. The Morgan fingerprint density at radius 2 is 1.71 bits per heavy atom. The van der Waals surface area contributed by atoms with Crippen molar-refractivity contribution in [2.45, 2.75) is 31.4 Å². The van der Waals surface area contributed by atoms with Crippen molar-refractivity contribution >= 4 is 12.1 Å². The molecule has 7 nitrogen and oxygen atoms in total. The number of aromatic nitrogens is 1. The Balaban J connectivity index is 1.54. The van der Waals surface area contributed by atoms with Crippen LogP contribution >= 0.6 is 0 Å². The van der Waals surface area contributed by atoms with Gasteiger partial charge in [-0.1, -0.05) is 36.4 Å². The number of carbonyl (C=O) groups excluding carboxylic acids is 2. The van der Waals surface area contributed by atoms with E-state index in [-0.39, 0.29) is 18.0 Å². The lowest BCUT2D eigenvalue weighted by atomic mass is 9.85. The van der Waals surface area contributed by atoms with Crippen molar-refractivity contribution in [3.63, 3.8) is 0 Å². The molecule has 35 heavy (non-hydrogen) atoms. The lowest BCUT2D eigenvalue weighted by molar-refractivity contribution is -0.149. The van der Waals surface area contributed by atoms with Crippen LogP contribution in [0.15, 0.2) is 71.7 Å². The average Bonchev–Trinajstić information content (AvgIpc) is 2.86. The van der Waals surface area contributed by atoms with Crippen LogP contribution in [0.25, 0.3) is 11.1 Å². The summed E-state index contributed by atoms with van der Waals surface area (Å²) in [5.74, 6) is -0.932. The van der Waals surface area contributed by atoms with Crippen molar-refractivity contribution in [1.29, 1.82) is 0 Å². The Bertz CT molecular complexity index is 1290. The van der Waals surface area contributed by atoms with Crippen LogP contribution in [0.1, 0.15) is 36.9 Å². The Labute approximate surface area is 202 Å². The van der Waals surface area contributed by atoms with Crippen LogP contribution in [-0.4, -0.2) is 35.2 Å². The lowest BCUT2D eigenvalue weighted by Gasteiger charge is -2.43. The summed E-state index contributed by atoms with van der Waals surface area (Å²) in [5, 5.41) is 0. The third-order valence-electron chi connectivity index (χ3n) is 6.58. The van der Waals surface area contributed by atoms with Crippen LogP contribution in [0, 0.1) is 5.82 Å². The van der Waals surface area contributed by atoms with Crippen LogP contribution in [-0.2, 0) is 26.9 Å². The molecule has 0 saturated carbocycles. The van der Waals surface area contributed by atoms with Crippen LogP contribution in [0.2, 0.25) is 0 Å². The molecule has 1 aliphatic heterocycles. The van der Waals surface area contributed by atoms with E-state index in [9.17, 15) is 18.8 Å². The molecule has 0 spiro atoms. The van der Waals surface area contributed by atoms with E-state index in [0.29, 0.717) is 18.5 Å². The molecule has 0 aliphatic carbocycles. The van der Waals surface area contributed by atoms with Crippen molar-refractivity contribution < 1.29 is 23.5 Å². The highest BCUT2D eigenvalue weighted by molar-refractivity contribution is 5.74. The fourth-order valence-corrected chi connectivity index (χ4v) is 4.41. The summed E-state index contributed by atoms with van der Waals surface area (Å²) in [6.45, 7) is 2.25. The zero-order valence-corrected chi connectivity index (χ0v) is 19.9. The van der Waals surface area contributed by atoms with Gasteiger partial charge in [0.15, 0.2) is 5.60 Å². The Kier molecular flexibility index (Phi) is 6.73. The highest BCUT2D eigenvalue weighted by Gasteiger charge is 2.45. The van der Waals surface area contributed by atoms with Gasteiger partial charge >= 0.3 is 12.1 Å². The molecule has 1 unspecified atom stereocenters. The van der Waals surface area contributed by atoms with E-state index < -0.39 is 23.5 Å². The summed E-state index contributed by atoms with van der Waals surface area (Å²) >= 11 is 0. The second kappa shape index (κ2) is 9.74. The predicted molar refractivity (Wildman–Crippen MR) is 128 cm³/mol. The normalized spacial score (nSPS) is 18.6. The minimum absolute atomic E-state index is 0.0773. The van der Waals surface area contributed by atoms with Gasteiger partial charge in [-0.3, -0.25) is 9.59 Å². The molecule has 1 fully saturated rings. The number of hydrogen-bond donors (Lipinski definition) is 0. The van der Waals surface area contributed by atoms with Gasteiger partial charge in [-0.15, -0.1) is 0 Å². The van der Waals surface area contributed by atoms with Gasteiger partial charge < -0.3 is 18.9 Å². The smallest absolute Gasteiger partial charge is 0.411 e. The number of amides is 1. The molecule has 8 heteroatoms. The number of benzene rings is 2. The maximum atomic E-state index is 13.5. The Morgan fingerprint density at radius 3 is 2.31 bits per heavy atom. The second-order valence-corrected chi connectivity index (χ2v) is 8.73. The van der Waals surface area contributed by atoms with Crippen LogP contribution in [0.5, 0.6) is 0 Å². The molecule has 4 rings (SSSR count). The molecule has 1 aliphatic rings. The van der Waals surface area contributed by atoms with Crippen LogP contribution in [0.4, 0.5) is 9.18 Å². The fraction of sp³-hybridized carbons (Fsp3) is 0.296. The predicted octanol–water partition coefficient (Wildman–Crippen LogP) is 4.55. The number of pyridine rings is 1. The van der Waals surface area contributed by atoms with E-state index in [1.54, 1.807) is 24.2 Å². The van der Waals surface area contributed by atoms with Crippen molar-refractivity contribution in [3.05, 3.63) is 94.2 Å². The number of carbonyl (C=O) groups is 2. The molecule has 1 saturated heterocycles. The minimum atomic E-state index is -1.22. The molecule has 1 amide bonds. The minimum Gasteiger partial charge on any atom is -0.469 e. The Hall–Kier alpha value is -3.94.